The van der Waals surface area contributed by atoms with Crippen LogP contribution in [0.3, 0.4) is 0 Å². The Labute approximate surface area is 95.8 Å². The summed E-state index contributed by atoms with van der Waals surface area (Å²) in [4.78, 5) is 0. The van der Waals surface area contributed by atoms with Crippen LogP contribution < -0.4 is 10.1 Å². The number of ether oxygens (including phenoxy) is 2. The van der Waals surface area contributed by atoms with Crippen molar-refractivity contribution in [3.8, 4) is 5.75 Å². The average Bonchev–Trinajstić information content (AvgIpc) is 2.75. The maximum Gasteiger partial charge on any atom is 0.189 e. The predicted octanol–water partition coefficient (Wildman–Crippen LogP) is 2.23. The SMILES string of the molecule is CC1CCC(C2OCOc3ccccc32)N1. The molecule has 0 saturated carbocycles. The molecule has 86 valence electrons. The summed E-state index contributed by atoms with van der Waals surface area (Å²) >= 11 is 0. The van der Waals surface area contributed by atoms with E-state index in [9.17, 15) is 0 Å². The molecule has 0 radical (unpaired) electrons. The minimum absolute atomic E-state index is 0.148. The Balaban J connectivity index is 1.87. The first kappa shape index (κ1) is 10.1. The Morgan fingerprint density at radius 3 is 2.94 bits per heavy atom. The molecule has 3 nitrogen and oxygen atoms in total. The van der Waals surface area contributed by atoms with Crippen LogP contribution >= 0.6 is 0 Å². The molecule has 1 aromatic rings. The molecular formula is C13H17NO2. The molecule has 0 aromatic heterocycles. The highest BCUT2D eigenvalue weighted by molar-refractivity contribution is 5.37. The van der Waals surface area contributed by atoms with Crippen LogP contribution in [0.4, 0.5) is 0 Å². The van der Waals surface area contributed by atoms with Gasteiger partial charge < -0.3 is 14.8 Å². The van der Waals surface area contributed by atoms with E-state index in [1.807, 2.05) is 18.2 Å². The summed E-state index contributed by atoms with van der Waals surface area (Å²) in [6.07, 6.45) is 2.56. The van der Waals surface area contributed by atoms with Gasteiger partial charge in [-0.3, -0.25) is 0 Å². The number of nitrogens with one attached hydrogen (secondary N) is 1. The Hall–Kier alpha value is -1.06. The fraction of sp³-hybridized carbons (Fsp3) is 0.538. The minimum Gasteiger partial charge on any atom is -0.467 e. The molecule has 0 bridgehead atoms. The van der Waals surface area contributed by atoms with Crippen LogP contribution in [0, 0.1) is 0 Å². The van der Waals surface area contributed by atoms with E-state index in [1.165, 1.54) is 18.4 Å². The number of benzene rings is 1. The van der Waals surface area contributed by atoms with Crippen molar-refractivity contribution in [1.29, 1.82) is 0 Å². The van der Waals surface area contributed by atoms with Gasteiger partial charge in [0.15, 0.2) is 6.79 Å². The van der Waals surface area contributed by atoms with E-state index >= 15 is 0 Å². The number of para-hydroxylation sites is 1. The molecule has 1 aromatic carbocycles. The van der Waals surface area contributed by atoms with Gasteiger partial charge in [0.2, 0.25) is 0 Å². The summed E-state index contributed by atoms with van der Waals surface area (Å²) in [5, 5.41) is 3.58. The monoisotopic (exact) mass is 219 g/mol. The smallest absolute Gasteiger partial charge is 0.189 e. The Kier molecular flexibility index (Phi) is 2.58. The Bertz CT molecular complexity index is 380. The summed E-state index contributed by atoms with van der Waals surface area (Å²) in [6, 6.07) is 9.20. The largest absolute Gasteiger partial charge is 0.467 e. The first-order chi connectivity index (χ1) is 7.84. The Morgan fingerprint density at radius 1 is 1.25 bits per heavy atom. The highest BCUT2D eigenvalue weighted by Gasteiger charge is 2.33. The fourth-order valence-electron chi connectivity index (χ4n) is 2.64. The molecule has 3 atom stereocenters. The predicted molar refractivity (Wildman–Crippen MR) is 61.4 cm³/mol. The quantitative estimate of drug-likeness (QED) is 0.785. The molecule has 2 aliphatic heterocycles. The van der Waals surface area contributed by atoms with Crippen LogP contribution in [0.25, 0.3) is 0 Å². The van der Waals surface area contributed by atoms with E-state index in [-0.39, 0.29) is 6.10 Å². The zero-order chi connectivity index (χ0) is 11.0. The lowest BCUT2D eigenvalue weighted by atomic mass is 9.99. The lowest BCUT2D eigenvalue weighted by Gasteiger charge is -2.30. The van der Waals surface area contributed by atoms with Crippen molar-refractivity contribution in [1.82, 2.24) is 5.32 Å². The summed E-state index contributed by atoms with van der Waals surface area (Å²) in [7, 11) is 0. The van der Waals surface area contributed by atoms with Crippen LogP contribution in [-0.2, 0) is 4.74 Å². The second-order valence-corrected chi connectivity index (χ2v) is 4.64. The van der Waals surface area contributed by atoms with Crippen LogP contribution in [0.2, 0.25) is 0 Å². The van der Waals surface area contributed by atoms with Gasteiger partial charge in [-0.05, 0) is 25.8 Å². The highest BCUT2D eigenvalue weighted by atomic mass is 16.7. The first-order valence-corrected chi connectivity index (χ1v) is 5.94. The number of rotatable bonds is 1. The van der Waals surface area contributed by atoms with Gasteiger partial charge in [0.05, 0.1) is 0 Å². The van der Waals surface area contributed by atoms with Crippen molar-refractivity contribution in [3.63, 3.8) is 0 Å². The third-order valence-electron chi connectivity index (χ3n) is 3.46. The van der Waals surface area contributed by atoms with Gasteiger partial charge in [0.25, 0.3) is 0 Å². The van der Waals surface area contributed by atoms with E-state index < -0.39 is 0 Å². The zero-order valence-electron chi connectivity index (χ0n) is 9.48. The average molecular weight is 219 g/mol. The molecule has 0 spiro atoms. The van der Waals surface area contributed by atoms with Crippen molar-refractivity contribution in [2.24, 2.45) is 0 Å². The zero-order valence-corrected chi connectivity index (χ0v) is 9.48. The summed E-state index contributed by atoms with van der Waals surface area (Å²) in [6.45, 7) is 2.60. The van der Waals surface area contributed by atoms with E-state index in [1.54, 1.807) is 0 Å². The van der Waals surface area contributed by atoms with E-state index in [2.05, 4.69) is 18.3 Å². The van der Waals surface area contributed by atoms with Crippen molar-refractivity contribution in [2.45, 2.75) is 38.0 Å². The summed E-state index contributed by atoms with van der Waals surface area (Å²) in [5.74, 6) is 0.972. The molecule has 16 heavy (non-hydrogen) atoms. The van der Waals surface area contributed by atoms with Gasteiger partial charge in [-0.15, -0.1) is 0 Å². The third kappa shape index (κ3) is 1.70. The molecule has 0 aliphatic carbocycles. The number of fused-ring (bicyclic) bond motifs is 1. The Morgan fingerprint density at radius 2 is 2.12 bits per heavy atom. The summed E-state index contributed by atoms with van der Waals surface area (Å²) < 4.78 is 11.2. The van der Waals surface area contributed by atoms with Crippen LogP contribution in [0.15, 0.2) is 24.3 Å². The molecule has 3 heteroatoms. The van der Waals surface area contributed by atoms with Crippen molar-refractivity contribution in [3.05, 3.63) is 29.8 Å². The molecule has 1 N–H and O–H groups in total. The lowest BCUT2D eigenvalue weighted by molar-refractivity contribution is -0.0724. The standard InChI is InChI=1S/C13H17NO2/c1-9-6-7-11(14-9)13-10-4-2-3-5-12(10)15-8-16-13/h2-5,9,11,13-14H,6-8H2,1H3. The third-order valence-corrected chi connectivity index (χ3v) is 3.46. The fourth-order valence-corrected chi connectivity index (χ4v) is 2.64. The molecule has 0 amide bonds. The van der Waals surface area contributed by atoms with Gasteiger partial charge in [-0.1, -0.05) is 18.2 Å². The highest BCUT2D eigenvalue weighted by Crippen LogP contribution is 2.36. The molecule has 1 fully saturated rings. The molecule has 3 rings (SSSR count). The normalized spacial score (nSPS) is 33.2. The van der Waals surface area contributed by atoms with E-state index in [4.69, 9.17) is 9.47 Å². The lowest BCUT2D eigenvalue weighted by Crippen LogP contribution is -2.36. The van der Waals surface area contributed by atoms with Crippen LogP contribution in [0.5, 0.6) is 5.75 Å². The number of hydrogen-bond acceptors (Lipinski definition) is 3. The maximum atomic E-state index is 5.75. The minimum atomic E-state index is 0.148. The first-order valence-electron chi connectivity index (χ1n) is 5.94. The van der Waals surface area contributed by atoms with Gasteiger partial charge in [-0.2, -0.15) is 0 Å². The maximum absolute atomic E-state index is 5.75. The van der Waals surface area contributed by atoms with Crippen molar-refractivity contribution >= 4 is 0 Å². The topological polar surface area (TPSA) is 30.5 Å². The summed E-state index contributed by atoms with van der Waals surface area (Å²) in [5.41, 5.74) is 1.18. The molecule has 3 unspecified atom stereocenters. The second kappa shape index (κ2) is 4.07. The molecular weight excluding hydrogens is 202 g/mol. The molecule has 2 aliphatic rings. The van der Waals surface area contributed by atoms with E-state index in [0.717, 1.165) is 5.75 Å². The van der Waals surface area contributed by atoms with Crippen LogP contribution in [0.1, 0.15) is 31.4 Å². The molecule has 2 heterocycles. The van der Waals surface area contributed by atoms with Gasteiger partial charge in [0, 0.05) is 17.6 Å². The number of hydrogen-bond donors (Lipinski definition) is 1. The van der Waals surface area contributed by atoms with Gasteiger partial charge in [-0.25, -0.2) is 0 Å². The second-order valence-electron chi connectivity index (χ2n) is 4.64. The van der Waals surface area contributed by atoms with Crippen molar-refractivity contribution in [2.75, 3.05) is 6.79 Å². The van der Waals surface area contributed by atoms with Crippen LogP contribution in [-0.4, -0.2) is 18.9 Å². The van der Waals surface area contributed by atoms with E-state index in [0.29, 0.717) is 18.9 Å². The van der Waals surface area contributed by atoms with Crippen molar-refractivity contribution < 1.29 is 9.47 Å². The van der Waals surface area contributed by atoms with Gasteiger partial charge >= 0.3 is 0 Å². The molecule has 1 saturated heterocycles. The van der Waals surface area contributed by atoms with Gasteiger partial charge in [0.1, 0.15) is 11.9 Å².